The molecule has 0 saturated carbocycles. The smallest absolute Gasteiger partial charge is 0.222 e. The summed E-state index contributed by atoms with van der Waals surface area (Å²) in [5.74, 6) is 0.901. The summed E-state index contributed by atoms with van der Waals surface area (Å²) in [7, 11) is 1.68. The fourth-order valence-electron chi connectivity index (χ4n) is 2.74. The highest BCUT2D eigenvalue weighted by Gasteiger charge is 2.19. The lowest BCUT2D eigenvalue weighted by atomic mass is 10.0. The largest absolute Gasteiger partial charge is 0.383 e. The maximum absolute atomic E-state index is 12.5. The molecule has 4 heteroatoms. The minimum Gasteiger partial charge on any atom is -0.383 e. The third-order valence-electron chi connectivity index (χ3n) is 4.06. The minimum atomic E-state index is 0.239. The molecule has 1 amide bonds. The number of methoxy groups -OCH3 is 1. The van der Waals surface area contributed by atoms with E-state index in [9.17, 15) is 4.79 Å². The Morgan fingerprint density at radius 1 is 1.38 bits per heavy atom. The van der Waals surface area contributed by atoms with E-state index in [1.165, 1.54) is 12.0 Å². The minimum absolute atomic E-state index is 0.239. The molecule has 1 unspecified atom stereocenters. The molecule has 0 bridgehead atoms. The van der Waals surface area contributed by atoms with E-state index < -0.39 is 0 Å². The summed E-state index contributed by atoms with van der Waals surface area (Å²) in [5.41, 5.74) is 1.17. The quantitative estimate of drug-likeness (QED) is 0.797. The van der Waals surface area contributed by atoms with Gasteiger partial charge in [0.15, 0.2) is 0 Å². The van der Waals surface area contributed by atoms with Gasteiger partial charge in [-0.1, -0.05) is 30.3 Å². The van der Waals surface area contributed by atoms with E-state index in [1.54, 1.807) is 7.11 Å². The molecular formula is C17H26N2O2. The van der Waals surface area contributed by atoms with E-state index in [4.69, 9.17) is 4.74 Å². The van der Waals surface area contributed by atoms with Gasteiger partial charge in [-0.3, -0.25) is 4.79 Å². The number of nitrogens with zero attached hydrogens (tertiary/aromatic N) is 1. The molecule has 1 aromatic carbocycles. The summed E-state index contributed by atoms with van der Waals surface area (Å²) in [6.45, 7) is 4.07. The number of amides is 1. The van der Waals surface area contributed by atoms with Gasteiger partial charge < -0.3 is 15.0 Å². The van der Waals surface area contributed by atoms with E-state index in [0.29, 0.717) is 32.0 Å². The van der Waals surface area contributed by atoms with Crippen molar-refractivity contribution in [1.29, 1.82) is 0 Å². The van der Waals surface area contributed by atoms with Gasteiger partial charge in [0, 0.05) is 26.6 Å². The van der Waals surface area contributed by atoms with Gasteiger partial charge in [-0.05, 0) is 37.4 Å². The number of rotatable bonds is 8. The fourth-order valence-corrected chi connectivity index (χ4v) is 2.74. The van der Waals surface area contributed by atoms with Crippen molar-refractivity contribution in [2.45, 2.75) is 25.8 Å². The number of carbonyl (C=O) groups excluding carboxylic acids is 1. The highest BCUT2D eigenvalue weighted by molar-refractivity contribution is 5.76. The number of hydrogen-bond acceptors (Lipinski definition) is 3. The number of nitrogens with one attached hydrogen (secondary N) is 1. The van der Waals surface area contributed by atoms with Gasteiger partial charge in [-0.2, -0.15) is 0 Å². The monoisotopic (exact) mass is 290 g/mol. The average Bonchev–Trinajstić information content (AvgIpc) is 3.03. The molecule has 1 fully saturated rings. The van der Waals surface area contributed by atoms with Crippen molar-refractivity contribution in [3.63, 3.8) is 0 Å². The van der Waals surface area contributed by atoms with E-state index >= 15 is 0 Å². The number of hydrogen-bond donors (Lipinski definition) is 1. The van der Waals surface area contributed by atoms with Crippen LogP contribution in [0.1, 0.15) is 24.8 Å². The van der Waals surface area contributed by atoms with Crippen molar-refractivity contribution in [3.05, 3.63) is 35.9 Å². The standard InChI is InChI=1S/C17H26N2O2/c1-21-12-11-19(14-16-5-3-2-4-6-16)17(20)8-7-15-9-10-18-13-15/h2-6,15,18H,7-14H2,1H3. The number of carbonyl (C=O) groups is 1. The van der Waals surface area contributed by atoms with E-state index in [0.717, 1.165) is 19.5 Å². The van der Waals surface area contributed by atoms with Crippen molar-refractivity contribution in [2.75, 3.05) is 33.4 Å². The lowest BCUT2D eigenvalue weighted by Crippen LogP contribution is -2.33. The van der Waals surface area contributed by atoms with Crippen molar-refractivity contribution in [1.82, 2.24) is 10.2 Å². The normalized spacial score (nSPS) is 17.9. The van der Waals surface area contributed by atoms with Crippen LogP contribution in [0.3, 0.4) is 0 Å². The zero-order valence-corrected chi connectivity index (χ0v) is 12.9. The molecule has 21 heavy (non-hydrogen) atoms. The topological polar surface area (TPSA) is 41.6 Å². The lowest BCUT2D eigenvalue weighted by molar-refractivity contribution is -0.132. The summed E-state index contributed by atoms with van der Waals surface area (Å²) in [6, 6.07) is 10.1. The van der Waals surface area contributed by atoms with Crippen LogP contribution in [0.2, 0.25) is 0 Å². The Kier molecular flexibility index (Phi) is 6.70. The summed E-state index contributed by atoms with van der Waals surface area (Å²) in [6.07, 6.45) is 2.83. The molecule has 1 saturated heterocycles. The zero-order chi connectivity index (χ0) is 14.9. The molecule has 1 aliphatic rings. The first-order valence-electron chi connectivity index (χ1n) is 7.81. The summed E-state index contributed by atoms with van der Waals surface area (Å²) < 4.78 is 5.13. The molecule has 1 aliphatic heterocycles. The predicted molar refractivity (Wildman–Crippen MR) is 83.9 cm³/mol. The summed E-state index contributed by atoms with van der Waals surface area (Å²) in [5, 5.41) is 3.35. The van der Waals surface area contributed by atoms with Gasteiger partial charge in [-0.25, -0.2) is 0 Å². The van der Waals surface area contributed by atoms with Crippen molar-refractivity contribution in [2.24, 2.45) is 5.92 Å². The summed E-state index contributed by atoms with van der Waals surface area (Å²) in [4.78, 5) is 14.4. The Labute approximate surface area is 127 Å². The Bertz CT molecular complexity index is 416. The predicted octanol–water partition coefficient (Wildman–Crippen LogP) is 2.05. The molecule has 1 aromatic rings. The maximum Gasteiger partial charge on any atom is 0.222 e. The van der Waals surface area contributed by atoms with Crippen LogP contribution in [0.4, 0.5) is 0 Å². The van der Waals surface area contributed by atoms with Crippen molar-refractivity contribution >= 4 is 5.91 Å². The molecule has 0 spiro atoms. The molecule has 0 aliphatic carbocycles. The molecule has 116 valence electrons. The first-order chi connectivity index (χ1) is 10.3. The maximum atomic E-state index is 12.5. The van der Waals surface area contributed by atoms with Crippen molar-refractivity contribution < 1.29 is 9.53 Å². The van der Waals surface area contributed by atoms with Crippen LogP contribution in [0.15, 0.2) is 30.3 Å². The molecule has 1 N–H and O–H groups in total. The van der Waals surface area contributed by atoms with E-state index in [-0.39, 0.29) is 5.91 Å². The van der Waals surface area contributed by atoms with E-state index in [1.807, 2.05) is 23.1 Å². The average molecular weight is 290 g/mol. The fraction of sp³-hybridized carbons (Fsp3) is 0.588. The van der Waals surface area contributed by atoms with Crippen LogP contribution < -0.4 is 5.32 Å². The molecule has 4 nitrogen and oxygen atoms in total. The Morgan fingerprint density at radius 2 is 2.19 bits per heavy atom. The first-order valence-corrected chi connectivity index (χ1v) is 7.81. The Hall–Kier alpha value is -1.39. The second-order valence-electron chi connectivity index (χ2n) is 5.69. The van der Waals surface area contributed by atoms with Gasteiger partial charge in [0.1, 0.15) is 0 Å². The van der Waals surface area contributed by atoms with Gasteiger partial charge in [0.25, 0.3) is 0 Å². The van der Waals surface area contributed by atoms with Crippen LogP contribution in [-0.2, 0) is 16.1 Å². The van der Waals surface area contributed by atoms with Gasteiger partial charge in [-0.15, -0.1) is 0 Å². The SMILES string of the molecule is COCCN(Cc1ccccc1)C(=O)CCC1CCNC1. The zero-order valence-electron chi connectivity index (χ0n) is 12.9. The molecule has 2 rings (SSSR count). The number of benzene rings is 1. The highest BCUT2D eigenvalue weighted by atomic mass is 16.5. The molecule has 0 aromatic heterocycles. The lowest BCUT2D eigenvalue weighted by Gasteiger charge is -2.23. The molecular weight excluding hydrogens is 264 g/mol. The van der Waals surface area contributed by atoms with E-state index in [2.05, 4.69) is 17.4 Å². The molecule has 0 radical (unpaired) electrons. The second-order valence-corrected chi connectivity index (χ2v) is 5.69. The van der Waals surface area contributed by atoms with Gasteiger partial charge in [0.05, 0.1) is 6.61 Å². The van der Waals surface area contributed by atoms with Crippen LogP contribution in [0, 0.1) is 5.92 Å². The van der Waals surface area contributed by atoms with Crippen LogP contribution >= 0.6 is 0 Å². The van der Waals surface area contributed by atoms with Crippen LogP contribution in [0.25, 0.3) is 0 Å². The van der Waals surface area contributed by atoms with Gasteiger partial charge >= 0.3 is 0 Å². The highest BCUT2D eigenvalue weighted by Crippen LogP contribution is 2.16. The first kappa shape index (κ1) is 16.0. The van der Waals surface area contributed by atoms with Crippen molar-refractivity contribution in [3.8, 4) is 0 Å². The summed E-state index contributed by atoms with van der Waals surface area (Å²) >= 11 is 0. The molecule has 1 heterocycles. The third kappa shape index (κ3) is 5.48. The molecule has 1 atom stereocenters. The Balaban J connectivity index is 1.86. The second kappa shape index (κ2) is 8.80. The van der Waals surface area contributed by atoms with Crippen LogP contribution in [-0.4, -0.2) is 44.2 Å². The Morgan fingerprint density at radius 3 is 2.86 bits per heavy atom. The third-order valence-corrected chi connectivity index (χ3v) is 4.06. The van der Waals surface area contributed by atoms with Gasteiger partial charge in [0.2, 0.25) is 5.91 Å². The number of ether oxygens (including phenoxy) is 1. The van der Waals surface area contributed by atoms with Crippen LogP contribution in [0.5, 0.6) is 0 Å².